The zero-order valence-electron chi connectivity index (χ0n) is 12.3. The number of hydrogen-bond acceptors (Lipinski definition) is 3. The van der Waals surface area contributed by atoms with Crippen molar-refractivity contribution >= 4 is 29.3 Å². The van der Waals surface area contributed by atoms with Crippen LogP contribution in [0.15, 0.2) is 29.2 Å². The molecule has 2 N–H and O–H groups in total. The number of carbonyl (C=O) groups is 2. The molecule has 114 valence electrons. The van der Waals surface area contributed by atoms with Gasteiger partial charge in [0.05, 0.1) is 17.5 Å². The Morgan fingerprint density at radius 3 is 2.62 bits per heavy atom. The Hall–Kier alpha value is -1.49. The molecule has 4 nitrogen and oxygen atoms in total. The molecule has 2 rings (SSSR count). The van der Waals surface area contributed by atoms with E-state index in [9.17, 15) is 14.7 Å². The third-order valence-electron chi connectivity index (χ3n) is 3.90. The first-order valence-electron chi connectivity index (χ1n) is 7.28. The molecule has 3 atom stereocenters. The third-order valence-corrected chi connectivity index (χ3v) is 4.85. The maximum Gasteiger partial charge on any atom is 0.307 e. The summed E-state index contributed by atoms with van der Waals surface area (Å²) >= 11 is 1.66. The van der Waals surface area contributed by atoms with Gasteiger partial charge in [-0.3, -0.25) is 9.59 Å². The summed E-state index contributed by atoms with van der Waals surface area (Å²) in [6, 6.07) is 7.65. The van der Waals surface area contributed by atoms with Crippen molar-refractivity contribution in [3.8, 4) is 0 Å². The molecular formula is C16H21NO3S. The molecule has 0 aromatic heterocycles. The van der Waals surface area contributed by atoms with Crippen LogP contribution in [0.3, 0.4) is 0 Å². The first kappa shape index (κ1) is 15.9. The Bertz CT molecular complexity index is 532. The number of amides is 1. The van der Waals surface area contributed by atoms with E-state index >= 15 is 0 Å². The van der Waals surface area contributed by atoms with Gasteiger partial charge in [0.15, 0.2) is 0 Å². The smallest absolute Gasteiger partial charge is 0.307 e. The van der Waals surface area contributed by atoms with Crippen molar-refractivity contribution in [1.29, 1.82) is 0 Å². The normalized spacial score (nSPS) is 24.8. The number of carbonyl (C=O) groups excluding carboxylic acids is 1. The molecule has 0 heterocycles. The van der Waals surface area contributed by atoms with Gasteiger partial charge in [-0.25, -0.2) is 0 Å². The van der Waals surface area contributed by atoms with Crippen molar-refractivity contribution in [1.82, 2.24) is 0 Å². The van der Waals surface area contributed by atoms with Gasteiger partial charge in [-0.2, -0.15) is 0 Å². The van der Waals surface area contributed by atoms with E-state index in [1.54, 1.807) is 11.8 Å². The monoisotopic (exact) mass is 307 g/mol. The van der Waals surface area contributed by atoms with Gasteiger partial charge in [-0.15, -0.1) is 11.8 Å². The molecule has 0 aliphatic heterocycles. The summed E-state index contributed by atoms with van der Waals surface area (Å²) in [5, 5.41) is 12.2. The van der Waals surface area contributed by atoms with Crippen molar-refractivity contribution in [2.45, 2.75) is 31.6 Å². The lowest BCUT2D eigenvalue weighted by atomic mass is 9.95. The largest absolute Gasteiger partial charge is 0.481 e. The van der Waals surface area contributed by atoms with Crippen LogP contribution in [-0.4, -0.2) is 22.7 Å². The molecular weight excluding hydrogens is 286 g/mol. The molecule has 1 saturated carbocycles. The lowest BCUT2D eigenvalue weighted by molar-refractivity contribution is -0.145. The summed E-state index contributed by atoms with van der Waals surface area (Å²) < 4.78 is 0. The minimum Gasteiger partial charge on any atom is -0.481 e. The second-order valence-electron chi connectivity index (χ2n) is 5.55. The number of benzene rings is 1. The fourth-order valence-electron chi connectivity index (χ4n) is 2.93. The van der Waals surface area contributed by atoms with Crippen LogP contribution < -0.4 is 5.32 Å². The number of anilines is 1. The number of thioether (sulfide) groups is 1. The van der Waals surface area contributed by atoms with E-state index in [0.717, 1.165) is 16.3 Å². The minimum atomic E-state index is -0.865. The topological polar surface area (TPSA) is 66.4 Å². The number of carboxylic acids is 1. The third kappa shape index (κ3) is 3.79. The summed E-state index contributed by atoms with van der Waals surface area (Å²) in [6.07, 6.45) is 1.23. The van der Waals surface area contributed by atoms with E-state index in [-0.39, 0.29) is 11.8 Å². The quantitative estimate of drug-likeness (QED) is 0.817. The van der Waals surface area contributed by atoms with E-state index in [0.29, 0.717) is 12.8 Å². The van der Waals surface area contributed by atoms with E-state index < -0.39 is 17.8 Å². The van der Waals surface area contributed by atoms with Crippen LogP contribution in [0.5, 0.6) is 0 Å². The highest BCUT2D eigenvalue weighted by atomic mass is 32.2. The standard InChI is InChI=1S/C16H21NO3S/c1-3-21-14-7-5-4-6-13(14)17-15(18)11-8-10(2)9-12(11)16(19)20/h4-7,10-12H,3,8-9H2,1-2H3,(H,17,18)(H,19,20). The Kier molecular flexibility index (Phi) is 5.28. The Morgan fingerprint density at radius 1 is 1.29 bits per heavy atom. The van der Waals surface area contributed by atoms with Gasteiger partial charge in [0, 0.05) is 4.90 Å². The summed E-state index contributed by atoms with van der Waals surface area (Å²) in [5.41, 5.74) is 0.776. The molecule has 1 aromatic carbocycles. The molecule has 1 fully saturated rings. The molecule has 5 heteroatoms. The van der Waals surface area contributed by atoms with Crippen molar-refractivity contribution in [3.05, 3.63) is 24.3 Å². The molecule has 1 amide bonds. The van der Waals surface area contributed by atoms with Crippen molar-refractivity contribution in [3.63, 3.8) is 0 Å². The number of nitrogens with one attached hydrogen (secondary N) is 1. The zero-order chi connectivity index (χ0) is 15.4. The molecule has 21 heavy (non-hydrogen) atoms. The molecule has 0 spiro atoms. The maximum absolute atomic E-state index is 12.4. The van der Waals surface area contributed by atoms with Crippen LogP contribution in [-0.2, 0) is 9.59 Å². The minimum absolute atomic E-state index is 0.170. The number of rotatable bonds is 5. The average molecular weight is 307 g/mol. The van der Waals surface area contributed by atoms with E-state index in [2.05, 4.69) is 12.2 Å². The van der Waals surface area contributed by atoms with Crippen LogP contribution in [0.2, 0.25) is 0 Å². The molecule has 0 bridgehead atoms. The van der Waals surface area contributed by atoms with E-state index in [1.165, 1.54) is 0 Å². The first-order valence-corrected chi connectivity index (χ1v) is 8.27. The predicted octanol–water partition coefficient (Wildman–Crippen LogP) is 3.48. The van der Waals surface area contributed by atoms with Crippen LogP contribution in [0.4, 0.5) is 5.69 Å². The van der Waals surface area contributed by atoms with Gasteiger partial charge >= 0.3 is 5.97 Å². The van der Waals surface area contributed by atoms with Crippen molar-refractivity contribution in [2.75, 3.05) is 11.1 Å². The second-order valence-corrected chi connectivity index (χ2v) is 6.85. The van der Waals surface area contributed by atoms with Crippen molar-refractivity contribution < 1.29 is 14.7 Å². The SMILES string of the molecule is CCSc1ccccc1NC(=O)C1CC(C)CC1C(=O)O. The second kappa shape index (κ2) is 6.98. The van der Waals surface area contributed by atoms with Crippen LogP contribution >= 0.6 is 11.8 Å². The Labute approximate surface area is 129 Å². The molecule has 0 saturated heterocycles. The molecule has 3 unspecified atom stereocenters. The predicted molar refractivity (Wildman–Crippen MR) is 84.5 cm³/mol. The van der Waals surface area contributed by atoms with Gasteiger partial charge in [0.2, 0.25) is 5.91 Å². The molecule has 0 radical (unpaired) electrons. The summed E-state index contributed by atoms with van der Waals surface area (Å²) in [7, 11) is 0. The van der Waals surface area contributed by atoms with Gasteiger partial charge in [-0.1, -0.05) is 26.0 Å². The molecule has 1 aliphatic carbocycles. The summed E-state index contributed by atoms with van der Waals surface area (Å²) in [4.78, 5) is 24.8. The Balaban J connectivity index is 2.12. The lowest BCUT2D eigenvalue weighted by Gasteiger charge is -2.17. The van der Waals surface area contributed by atoms with Gasteiger partial charge in [0.1, 0.15) is 0 Å². The fourth-order valence-corrected chi connectivity index (χ4v) is 3.69. The number of para-hydroxylation sites is 1. The number of aliphatic carboxylic acids is 1. The maximum atomic E-state index is 12.4. The lowest BCUT2D eigenvalue weighted by Crippen LogP contribution is -2.30. The van der Waals surface area contributed by atoms with Crippen molar-refractivity contribution in [2.24, 2.45) is 17.8 Å². The van der Waals surface area contributed by atoms with Crippen LogP contribution in [0.1, 0.15) is 26.7 Å². The molecule has 1 aromatic rings. The van der Waals surface area contributed by atoms with Gasteiger partial charge in [-0.05, 0) is 36.6 Å². The highest BCUT2D eigenvalue weighted by molar-refractivity contribution is 7.99. The zero-order valence-corrected chi connectivity index (χ0v) is 13.2. The van der Waals surface area contributed by atoms with Gasteiger partial charge < -0.3 is 10.4 Å². The van der Waals surface area contributed by atoms with Crippen LogP contribution in [0.25, 0.3) is 0 Å². The number of carboxylic acid groups (broad SMARTS) is 1. The first-order chi connectivity index (χ1) is 10.0. The van der Waals surface area contributed by atoms with Gasteiger partial charge in [0.25, 0.3) is 0 Å². The highest BCUT2D eigenvalue weighted by Gasteiger charge is 2.41. The molecule has 1 aliphatic rings. The van der Waals surface area contributed by atoms with E-state index in [4.69, 9.17) is 0 Å². The Morgan fingerprint density at radius 2 is 1.95 bits per heavy atom. The summed E-state index contributed by atoms with van der Waals surface area (Å²) in [6.45, 7) is 4.06. The average Bonchev–Trinajstić information content (AvgIpc) is 2.84. The van der Waals surface area contributed by atoms with E-state index in [1.807, 2.05) is 31.2 Å². The summed E-state index contributed by atoms with van der Waals surface area (Å²) in [5.74, 6) is -0.831. The fraction of sp³-hybridized carbons (Fsp3) is 0.500. The number of hydrogen-bond donors (Lipinski definition) is 2. The van der Waals surface area contributed by atoms with Crippen LogP contribution in [0, 0.1) is 17.8 Å². The highest BCUT2D eigenvalue weighted by Crippen LogP contribution is 2.37.